The molecule has 0 aliphatic carbocycles. The number of carboxylic acids is 1. The van der Waals surface area contributed by atoms with Gasteiger partial charge in [0.25, 0.3) is 0 Å². The molecule has 3 N–H and O–H groups in total. The average Bonchev–Trinajstić information content (AvgIpc) is 3.09. The average molecular weight is 435 g/mol. The molecule has 0 aliphatic rings. The molecule has 2 amide bonds. The molecule has 144 valence electrons. The molecule has 2 aromatic carbocycles. The molecule has 0 spiro atoms. The first kappa shape index (κ1) is 20.2. The molecule has 0 fully saturated rings. The van der Waals surface area contributed by atoms with E-state index in [1.807, 2.05) is 30.3 Å². The number of aromatic carboxylic acids is 1. The molecule has 3 aromatic rings. The lowest BCUT2D eigenvalue weighted by Crippen LogP contribution is -2.30. The number of nitrogens with one attached hydrogen (secondary N) is 2. The van der Waals surface area contributed by atoms with Gasteiger partial charge in [-0.1, -0.05) is 59.6 Å². The summed E-state index contributed by atoms with van der Waals surface area (Å²) in [5, 5.41) is 15.6. The van der Waals surface area contributed by atoms with Gasteiger partial charge in [0.2, 0.25) is 0 Å². The van der Waals surface area contributed by atoms with E-state index in [0.717, 1.165) is 22.5 Å². The molecule has 28 heavy (non-hydrogen) atoms. The van der Waals surface area contributed by atoms with Gasteiger partial charge in [0.15, 0.2) is 0 Å². The lowest BCUT2D eigenvalue weighted by atomic mass is 10.1. The van der Waals surface area contributed by atoms with E-state index in [4.69, 9.17) is 23.2 Å². The quantitative estimate of drug-likeness (QED) is 0.459. The molecule has 0 unspecified atom stereocenters. The second-order valence-corrected chi connectivity index (χ2v) is 7.77. The third-order valence-electron chi connectivity index (χ3n) is 3.92. The fraction of sp³-hybridized carbons (Fsp3) is 0.100. The van der Waals surface area contributed by atoms with E-state index in [0.29, 0.717) is 27.9 Å². The number of urea groups is 1. The van der Waals surface area contributed by atoms with E-state index in [1.165, 1.54) is 0 Å². The molecule has 0 saturated heterocycles. The van der Waals surface area contributed by atoms with Crippen LogP contribution in [0, 0.1) is 0 Å². The molecule has 0 aliphatic heterocycles. The second kappa shape index (κ2) is 9.10. The molecular weight excluding hydrogens is 419 g/mol. The number of carbonyl (C=O) groups is 2. The summed E-state index contributed by atoms with van der Waals surface area (Å²) in [6.07, 6.45) is 0.679. The number of hydrogen-bond donors (Lipinski definition) is 3. The van der Waals surface area contributed by atoms with Gasteiger partial charge in [-0.15, -0.1) is 11.3 Å². The fourth-order valence-corrected chi connectivity index (χ4v) is 3.81. The third kappa shape index (κ3) is 5.04. The number of carboxylic acid groups (broad SMARTS) is 1. The van der Waals surface area contributed by atoms with Crippen LogP contribution in [0.2, 0.25) is 10.0 Å². The van der Waals surface area contributed by atoms with Crippen molar-refractivity contribution in [2.45, 2.75) is 6.42 Å². The number of benzene rings is 2. The van der Waals surface area contributed by atoms with Crippen LogP contribution in [0.4, 0.5) is 10.5 Å². The van der Waals surface area contributed by atoms with Gasteiger partial charge >= 0.3 is 12.0 Å². The molecule has 1 aromatic heterocycles. The highest BCUT2D eigenvalue weighted by atomic mass is 35.5. The fourth-order valence-electron chi connectivity index (χ4n) is 2.57. The van der Waals surface area contributed by atoms with Crippen molar-refractivity contribution in [3.05, 3.63) is 75.1 Å². The van der Waals surface area contributed by atoms with E-state index in [-0.39, 0.29) is 10.6 Å². The van der Waals surface area contributed by atoms with E-state index < -0.39 is 12.0 Å². The van der Waals surface area contributed by atoms with E-state index >= 15 is 0 Å². The van der Waals surface area contributed by atoms with E-state index in [1.54, 1.807) is 24.3 Å². The molecule has 5 nitrogen and oxygen atoms in total. The van der Waals surface area contributed by atoms with Crippen molar-refractivity contribution < 1.29 is 14.7 Å². The summed E-state index contributed by atoms with van der Waals surface area (Å²) in [7, 11) is 0. The Hall–Kier alpha value is -2.54. The van der Waals surface area contributed by atoms with Crippen molar-refractivity contribution in [3.63, 3.8) is 0 Å². The Morgan fingerprint density at radius 2 is 1.75 bits per heavy atom. The standard InChI is InChI=1S/C20H16Cl2N2O3S/c21-14-7-6-13(10-15(14)22)17-11-16(18(28-17)19(25)26)24-20(27)23-9-8-12-4-2-1-3-5-12/h1-7,10-11H,8-9H2,(H,25,26)(H2,23,24,27). The predicted octanol–water partition coefficient (Wildman–Crippen LogP) is 5.78. The monoisotopic (exact) mass is 434 g/mol. The van der Waals surface area contributed by atoms with Gasteiger partial charge in [0, 0.05) is 11.4 Å². The van der Waals surface area contributed by atoms with Crippen molar-refractivity contribution in [1.82, 2.24) is 5.32 Å². The second-order valence-electron chi connectivity index (χ2n) is 5.90. The lowest BCUT2D eigenvalue weighted by Gasteiger charge is -2.07. The number of thiophene rings is 1. The first-order chi connectivity index (χ1) is 13.4. The van der Waals surface area contributed by atoms with Crippen LogP contribution in [0.25, 0.3) is 10.4 Å². The van der Waals surface area contributed by atoms with Crippen LogP contribution in [-0.4, -0.2) is 23.7 Å². The van der Waals surface area contributed by atoms with Crippen LogP contribution in [0.3, 0.4) is 0 Å². The maximum Gasteiger partial charge on any atom is 0.348 e. The smallest absolute Gasteiger partial charge is 0.348 e. The summed E-state index contributed by atoms with van der Waals surface area (Å²) >= 11 is 13.0. The summed E-state index contributed by atoms with van der Waals surface area (Å²) in [6.45, 7) is 0.433. The van der Waals surface area contributed by atoms with Crippen LogP contribution in [0.5, 0.6) is 0 Å². The Labute approximate surface area is 175 Å². The summed E-state index contributed by atoms with van der Waals surface area (Å²) in [6, 6.07) is 16.0. The van der Waals surface area contributed by atoms with Crippen molar-refractivity contribution in [2.24, 2.45) is 0 Å². The lowest BCUT2D eigenvalue weighted by molar-refractivity contribution is 0.0703. The highest BCUT2D eigenvalue weighted by molar-refractivity contribution is 7.18. The van der Waals surface area contributed by atoms with Crippen molar-refractivity contribution in [2.75, 3.05) is 11.9 Å². The van der Waals surface area contributed by atoms with Crippen LogP contribution in [-0.2, 0) is 6.42 Å². The van der Waals surface area contributed by atoms with Crippen LogP contribution >= 0.6 is 34.5 Å². The number of carbonyl (C=O) groups excluding carboxylic acids is 1. The molecular formula is C20H16Cl2N2O3S. The Morgan fingerprint density at radius 3 is 2.43 bits per heavy atom. The highest BCUT2D eigenvalue weighted by Gasteiger charge is 2.18. The number of anilines is 1. The molecule has 1 heterocycles. The van der Waals surface area contributed by atoms with Gasteiger partial charge < -0.3 is 15.7 Å². The van der Waals surface area contributed by atoms with Crippen LogP contribution < -0.4 is 10.6 Å². The van der Waals surface area contributed by atoms with Crippen molar-refractivity contribution in [3.8, 4) is 10.4 Å². The first-order valence-corrected chi connectivity index (χ1v) is 9.92. The summed E-state index contributed by atoms with van der Waals surface area (Å²) in [4.78, 5) is 24.4. The summed E-state index contributed by atoms with van der Waals surface area (Å²) in [5.41, 5.74) is 2.06. The van der Waals surface area contributed by atoms with Gasteiger partial charge in [0.1, 0.15) is 4.88 Å². The summed E-state index contributed by atoms with van der Waals surface area (Å²) < 4.78 is 0. The Bertz CT molecular complexity index is 1010. The number of amides is 2. The van der Waals surface area contributed by atoms with Gasteiger partial charge in [-0.25, -0.2) is 9.59 Å². The zero-order valence-corrected chi connectivity index (χ0v) is 16.9. The van der Waals surface area contributed by atoms with E-state index in [2.05, 4.69) is 10.6 Å². The zero-order valence-electron chi connectivity index (χ0n) is 14.5. The Balaban J connectivity index is 1.70. The molecule has 3 rings (SSSR count). The minimum Gasteiger partial charge on any atom is -0.477 e. The zero-order chi connectivity index (χ0) is 20.1. The largest absolute Gasteiger partial charge is 0.477 e. The maximum absolute atomic E-state index is 12.2. The normalized spacial score (nSPS) is 10.5. The molecule has 0 atom stereocenters. The topological polar surface area (TPSA) is 78.4 Å². The minimum absolute atomic E-state index is 0.0410. The van der Waals surface area contributed by atoms with E-state index in [9.17, 15) is 14.7 Å². The molecule has 0 radical (unpaired) electrons. The van der Waals surface area contributed by atoms with Gasteiger partial charge in [-0.3, -0.25) is 0 Å². The molecule has 0 bridgehead atoms. The minimum atomic E-state index is -1.11. The maximum atomic E-state index is 12.2. The van der Waals surface area contributed by atoms with Gasteiger partial charge in [-0.2, -0.15) is 0 Å². The Morgan fingerprint density at radius 1 is 1.00 bits per heavy atom. The third-order valence-corrected chi connectivity index (χ3v) is 5.83. The Kier molecular flexibility index (Phi) is 6.57. The molecule has 0 saturated carbocycles. The summed E-state index contributed by atoms with van der Waals surface area (Å²) in [5.74, 6) is -1.11. The van der Waals surface area contributed by atoms with Gasteiger partial charge in [-0.05, 0) is 35.7 Å². The number of hydrogen-bond acceptors (Lipinski definition) is 3. The van der Waals surface area contributed by atoms with Crippen molar-refractivity contribution in [1.29, 1.82) is 0 Å². The van der Waals surface area contributed by atoms with Gasteiger partial charge in [0.05, 0.1) is 15.7 Å². The number of rotatable bonds is 6. The van der Waals surface area contributed by atoms with Crippen LogP contribution in [0.1, 0.15) is 15.2 Å². The highest BCUT2D eigenvalue weighted by Crippen LogP contribution is 2.37. The predicted molar refractivity (Wildman–Crippen MR) is 114 cm³/mol. The SMILES string of the molecule is O=C(NCCc1ccccc1)Nc1cc(-c2ccc(Cl)c(Cl)c2)sc1C(=O)O. The first-order valence-electron chi connectivity index (χ1n) is 8.35. The van der Waals surface area contributed by atoms with Crippen molar-refractivity contribution >= 4 is 52.2 Å². The molecule has 8 heteroatoms. The van der Waals surface area contributed by atoms with Crippen LogP contribution in [0.15, 0.2) is 54.6 Å². The number of halogens is 2.